The van der Waals surface area contributed by atoms with E-state index in [1.54, 1.807) is 0 Å². The molecule has 0 spiro atoms. The molecule has 0 bridgehead atoms. The molecule has 0 unspecified atom stereocenters. The first-order valence-electron chi connectivity index (χ1n) is 6.10. The van der Waals surface area contributed by atoms with E-state index in [4.69, 9.17) is 5.73 Å². The predicted octanol–water partition coefficient (Wildman–Crippen LogP) is -0.911. The van der Waals surface area contributed by atoms with Crippen molar-refractivity contribution in [2.24, 2.45) is 5.73 Å². The van der Waals surface area contributed by atoms with Crippen LogP contribution in [0.1, 0.15) is 12.8 Å². The molecular weight excluding hydrogens is 204 g/mol. The molecule has 5 heteroatoms. The van der Waals surface area contributed by atoms with E-state index in [-0.39, 0.29) is 5.91 Å². The van der Waals surface area contributed by atoms with E-state index in [0.717, 1.165) is 45.7 Å². The molecule has 0 aromatic carbocycles. The van der Waals surface area contributed by atoms with Crippen LogP contribution in [0.3, 0.4) is 0 Å². The van der Waals surface area contributed by atoms with E-state index in [1.165, 1.54) is 0 Å². The quantitative estimate of drug-likeness (QED) is 0.578. The van der Waals surface area contributed by atoms with Crippen molar-refractivity contribution >= 4 is 5.91 Å². The fourth-order valence-corrected chi connectivity index (χ4v) is 1.82. The SMILES string of the molecule is CN1CCN(CCCNC(=O)CCN)CC1. The Kier molecular flexibility index (Phi) is 6.37. The van der Waals surface area contributed by atoms with Gasteiger partial charge >= 0.3 is 0 Å². The van der Waals surface area contributed by atoms with Crippen molar-refractivity contribution in [1.29, 1.82) is 0 Å². The first-order chi connectivity index (χ1) is 7.72. The molecule has 0 saturated carbocycles. The highest BCUT2D eigenvalue weighted by Gasteiger charge is 2.12. The lowest BCUT2D eigenvalue weighted by Crippen LogP contribution is -2.45. The van der Waals surface area contributed by atoms with Gasteiger partial charge in [-0.1, -0.05) is 0 Å². The van der Waals surface area contributed by atoms with Gasteiger partial charge in [0, 0.05) is 45.7 Å². The average Bonchev–Trinajstić information content (AvgIpc) is 2.27. The van der Waals surface area contributed by atoms with Crippen LogP contribution in [-0.4, -0.2) is 68.6 Å². The van der Waals surface area contributed by atoms with Gasteiger partial charge in [-0.25, -0.2) is 0 Å². The van der Waals surface area contributed by atoms with Crippen LogP contribution in [0.25, 0.3) is 0 Å². The van der Waals surface area contributed by atoms with Gasteiger partial charge in [-0.2, -0.15) is 0 Å². The second-order valence-corrected chi connectivity index (χ2v) is 4.39. The summed E-state index contributed by atoms with van der Waals surface area (Å²) in [6.45, 7) is 6.88. The number of nitrogens with two attached hydrogens (primary N) is 1. The van der Waals surface area contributed by atoms with Crippen LogP contribution in [0.5, 0.6) is 0 Å². The topological polar surface area (TPSA) is 61.6 Å². The highest BCUT2D eigenvalue weighted by Crippen LogP contribution is 1.99. The van der Waals surface area contributed by atoms with Crippen molar-refractivity contribution in [3.63, 3.8) is 0 Å². The smallest absolute Gasteiger partial charge is 0.221 e. The third kappa shape index (κ3) is 5.44. The van der Waals surface area contributed by atoms with Gasteiger partial charge in [-0.05, 0) is 20.0 Å². The molecule has 0 aromatic heterocycles. The first kappa shape index (κ1) is 13.4. The van der Waals surface area contributed by atoms with Gasteiger partial charge in [0.25, 0.3) is 0 Å². The maximum atomic E-state index is 11.1. The molecule has 3 N–H and O–H groups in total. The molecule has 16 heavy (non-hydrogen) atoms. The minimum absolute atomic E-state index is 0.0703. The fourth-order valence-electron chi connectivity index (χ4n) is 1.82. The Morgan fingerprint density at radius 2 is 2.00 bits per heavy atom. The van der Waals surface area contributed by atoms with Gasteiger partial charge in [-0.3, -0.25) is 4.79 Å². The molecule has 1 aliphatic rings. The van der Waals surface area contributed by atoms with Crippen molar-refractivity contribution in [1.82, 2.24) is 15.1 Å². The summed E-state index contributed by atoms with van der Waals surface area (Å²) >= 11 is 0. The van der Waals surface area contributed by atoms with E-state index >= 15 is 0 Å². The lowest BCUT2D eigenvalue weighted by atomic mass is 10.3. The molecule has 1 amide bonds. The van der Waals surface area contributed by atoms with Crippen molar-refractivity contribution in [2.75, 3.05) is 52.9 Å². The normalized spacial score (nSPS) is 18.6. The van der Waals surface area contributed by atoms with Crippen LogP contribution in [0.15, 0.2) is 0 Å². The van der Waals surface area contributed by atoms with Crippen molar-refractivity contribution in [3.8, 4) is 0 Å². The number of hydrogen-bond acceptors (Lipinski definition) is 4. The summed E-state index contributed by atoms with van der Waals surface area (Å²) in [6.07, 6.45) is 1.47. The second-order valence-electron chi connectivity index (χ2n) is 4.39. The number of carbonyl (C=O) groups excluding carboxylic acids is 1. The third-order valence-electron chi connectivity index (χ3n) is 2.94. The zero-order valence-electron chi connectivity index (χ0n) is 10.2. The van der Waals surface area contributed by atoms with Gasteiger partial charge in [-0.15, -0.1) is 0 Å². The highest BCUT2D eigenvalue weighted by atomic mass is 16.1. The monoisotopic (exact) mass is 228 g/mol. The number of hydrogen-bond donors (Lipinski definition) is 2. The zero-order valence-corrected chi connectivity index (χ0v) is 10.2. The molecule has 0 aromatic rings. The number of carbonyl (C=O) groups is 1. The minimum atomic E-state index is 0.0703. The molecule has 5 nitrogen and oxygen atoms in total. The molecule has 94 valence electrons. The van der Waals surface area contributed by atoms with E-state index in [1.807, 2.05) is 0 Å². The molecule has 0 aliphatic carbocycles. The Bertz CT molecular complexity index is 202. The summed E-state index contributed by atoms with van der Waals surface area (Å²) in [7, 11) is 2.16. The summed E-state index contributed by atoms with van der Waals surface area (Å²) in [5, 5.41) is 2.88. The lowest BCUT2D eigenvalue weighted by molar-refractivity contribution is -0.120. The first-order valence-corrected chi connectivity index (χ1v) is 6.10. The van der Waals surface area contributed by atoms with Crippen LogP contribution in [0.4, 0.5) is 0 Å². The van der Waals surface area contributed by atoms with Gasteiger partial charge < -0.3 is 20.9 Å². The highest BCUT2D eigenvalue weighted by molar-refractivity contribution is 5.75. The fraction of sp³-hybridized carbons (Fsp3) is 0.909. The summed E-state index contributed by atoms with van der Waals surface area (Å²) < 4.78 is 0. The number of rotatable bonds is 6. The molecule has 1 saturated heterocycles. The van der Waals surface area contributed by atoms with Crippen molar-refractivity contribution in [3.05, 3.63) is 0 Å². The largest absolute Gasteiger partial charge is 0.356 e. The lowest BCUT2D eigenvalue weighted by Gasteiger charge is -2.32. The van der Waals surface area contributed by atoms with Crippen molar-refractivity contribution in [2.45, 2.75) is 12.8 Å². The molecule has 1 aliphatic heterocycles. The number of amides is 1. The van der Waals surface area contributed by atoms with E-state index in [0.29, 0.717) is 13.0 Å². The Morgan fingerprint density at radius 1 is 1.31 bits per heavy atom. The Morgan fingerprint density at radius 3 is 2.62 bits per heavy atom. The number of piperazine rings is 1. The number of nitrogens with zero attached hydrogens (tertiary/aromatic N) is 2. The minimum Gasteiger partial charge on any atom is -0.356 e. The van der Waals surface area contributed by atoms with Gasteiger partial charge in [0.1, 0.15) is 0 Å². The van der Waals surface area contributed by atoms with Crippen molar-refractivity contribution < 1.29 is 4.79 Å². The van der Waals surface area contributed by atoms with E-state index in [2.05, 4.69) is 22.2 Å². The maximum Gasteiger partial charge on any atom is 0.221 e. The third-order valence-corrected chi connectivity index (χ3v) is 2.94. The molecular formula is C11H24N4O. The number of likely N-dealkylation sites (N-methyl/N-ethyl adjacent to an activating group) is 1. The molecule has 0 radical (unpaired) electrons. The number of nitrogens with one attached hydrogen (secondary N) is 1. The second kappa shape index (κ2) is 7.60. The molecule has 1 heterocycles. The van der Waals surface area contributed by atoms with Gasteiger partial charge in [0.05, 0.1) is 0 Å². The average molecular weight is 228 g/mol. The Hall–Kier alpha value is -0.650. The standard InChI is InChI=1S/C11H24N4O/c1-14-7-9-15(10-8-14)6-2-5-13-11(16)3-4-12/h2-10,12H2,1H3,(H,13,16). The summed E-state index contributed by atoms with van der Waals surface area (Å²) in [4.78, 5) is 15.9. The van der Waals surface area contributed by atoms with Gasteiger partial charge in [0.15, 0.2) is 0 Å². The Balaban J connectivity index is 1.97. The summed E-state index contributed by atoms with van der Waals surface area (Å²) in [5.74, 6) is 0.0703. The summed E-state index contributed by atoms with van der Waals surface area (Å²) in [6, 6.07) is 0. The van der Waals surface area contributed by atoms with Crippen LogP contribution < -0.4 is 11.1 Å². The predicted molar refractivity (Wildman–Crippen MR) is 65.2 cm³/mol. The molecule has 0 atom stereocenters. The van der Waals surface area contributed by atoms with Gasteiger partial charge in [0.2, 0.25) is 5.91 Å². The molecule has 1 fully saturated rings. The van der Waals surface area contributed by atoms with E-state index in [9.17, 15) is 4.79 Å². The van der Waals surface area contributed by atoms with Crippen LogP contribution in [-0.2, 0) is 4.79 Å². The molecule has 1 rings (SSSR count). The van der Waals surface area contributed by atoms with Crippen LogP contribution >= 0.6 is 0 Å². The Labute approximate surface area is 98.0 Å². The maximum absolute atomic E-state index is 11.1. The summed E-state index contributed by atoms with van der Waals surface area (Å²) in [5.41, 5.74) is 5.29. The van der Waals surface area contributed by atoms with E-state index < -0.39 is 0 Å². The van der Waals surface area contributed by atoms with Crippen LogP contribution in [0.2, 0.25) is 0 Å². The zero-order chi connectivity index (χ0) is 11.8. The van der Waals surface area contributed by atoms with Crippen LogP contribution in [0, 0.1) is 0 Å².